The van der Waals surface area contributed by atoms with Gasteiger partial charge in [0.05, 0.1) is 5.69 Å². The summed E-state index contributed by atoms with van der Waals surface area (Å²) in [6.45, 7) is 1.80. The summed E-state index contributed by atoms with van der Waals surface area (Å²) in [4.78, 5) is 19.1. The van der Waals surface area contributed by atoms with Gasteiger partial charge in [-0.2, -0.15) is 5.26 Å². The van der Waals surface area contributed by atoms with Crippen LogP contribution in [0.25, 0.3) is 11.3 Å². The third-order valence-corrected chi connectivity index (χ3v) is 5.68. The lowest BCUT2D eigenvalue weighted by atomic mass is 9.86. The van der Waals surface area contributed by atoms with E-state index in [4.69, 9.17) is 5.26 Å². The molecule has 4 nitrogen and oxygen atoms in total. The predicted molar refractivity (Wildman–Crippen MR) is 95.8 cm³/mol. The molecule has 1 aromatic heterocycles. The third-order valence-electron chi connectivity index (χ3n) is 5.68. The number of hydrogen-bond donors (Lipinski definition) is 0. The summed E-state index contributed by atoms with van der Waals surface area (Å²) in [7, 11) is 0. The van der Waals surface area contributed by atoms with E-state index in [0.29, 0.717) is 11.1 Å². The second-order valence-electron chi connectivity index (χ2n) is 7.28. The molecule has 25 heavy (non-hydrogen) atoms. The summed E-state index contributed by atoms with van der Waals surface area (Å²) in [5.41, 5.74) is 3.20. The number of hydrogen-bond acceptors (Lipinski definition) is 3. The molecule has 2 aromatic rings. The molecule has 0 bridgehead atoms. The molecular weight excluding hydrogens is 310 g/mol. The number of carbonyl (C=O) groups excluding carboxylic acids is 1. The van der Waals surface area contributed by atoms with Crippen molar-refractivity contribution in [2.45, 2.75) is 32.1 Å². The first-order chi connectivity index (χ1) is 12.2. The Morgan fingerprint density at radius 3 is 2.56 bits per heavy atom. The molecule has 0 N–H and O–H groups in total. The van der Waals surface area contributed by atoms with Gasteiger partial charge in [0.15, 0.2) is 0 Å². The van der Waals surface area contributed by atoms with Crippen LogP contribution in [0.2, 0.25) is 0 Å². The average Bonchev–Trinajstić information content (AvgIpc) is 3.31. The van der Waals surface area contributed by atoms with Crippen LogP contribution in [-0.4, -0.2) is 28.9 Å². The predicted octanol–water partition coefficient (Wildman–Crippen LogP) is 4.03. The molecule has 1 aliphatic carbocycles. The lowest BCUT2D eigenvalue weighted by Gasteiger charge is -2.23. The SMILES string of the molecule is N#Cc1cccc(-c2ccc(C(=O)N3CCC4(CCCC4)C3)cc2)n1. The highest BCUT2D eigenvalue weighted by atomic mass is 16.2. The zero-order valence-corrected chi connectivity index (χ0v) is 14.2. The third kappa shape index (κ3) is 3.02. The van der Waals surface area contributed by atoms with Crippen LogP contribution >= 0.6 is 0 Å². The first-order valence-corrected chi connectivity index (χ1v) is 8.96. The standard InChI is InChI=1S/C21H21N3O/c22-14-18-4-3-5-19(23-18)16-6-8-17(9-7-16)20(25)24-13-12-21(15-24)10-1-2-11-21/h3-9H,1-2,10-13,15H2. The zero-order chi connectivity index (χ0) is 17.3. The van der Waals surface area contributed by atoms with Gasteiger partial charge in [0.2, 0.25) is 0 Å². The highest BCUT2D eigenvalue weighted by molar-refractivity contribution is 5.94. The highest BCUT2D eigenvalue weighted by Crippen LogP contribution is 2.45. The van der Waals surface area contributed by atoms with Crippen molar-refractivity contribution in [1.29, 1.82) is 5.26 Å². The Morgan fingerprint density at radius 1 is 1.08 bits per heavy atom. The molecule has 0 atom stereocenters. The van der Waals surface area contributed by atoms with Gasteiger partial charge in [0, 0.05) is 24.2 Å². The molecule has 1 aromatic carbocycles. The number of aromatic nitrogens is 1. The number of rotatable bonds is 2. The van der Waals surface area contributed by atoms with Crippen LogP contribution in [-0.2, 0) is 0 Å². The van der Waals surface area contributed by atoms with E-state index in [9.17, 15) is 4.79 Å². The molecule has 0 unspecified atom stereocenters. The fourth-order valence-corrected chi connectivity index (χ4v) is 4.27. The lowest BCUT2D eigenvalue weighted by molar-refractivity contribution is 0.0773. The molecular formula is C21H21N3O. The maximum Gasteiger partial charge on any atom is 0.253 e. The fraction of sp³-hybridized carbons (Fsp3) is 0.381. The monoisotopic (exact) mass is 331 g/mol. The van der Waals surface area contributed by atoms with E-state index in [-0.39, 0.29) is 5.91 Å². The highest BCUT2D eigenvalue weighted by Gasteiger charge is 2.41. The molecule has 1 saturated heterocycles. The minimum atomic E-state index is 0.133. The van der Waals surface area contributed by atoms with E-state index in [1.165, 1.54) is 25.7 Å². The van der Waals surface area contributed by atoms with Gasteiger partial charge in [-0.05, 0) is 48.9 Å². The van der Waals surface area contributed by atoms with E-state index in [1.807, 2.05) is 41.3 Å². The van der Waals surface area contributed by atoms with Crippen molar-refractivity contribution >= 4 is 5.91 Å². The number of carbonyl (C=O) groups is 1. The summed E-state index contributed by atoms with van der Waals surface area (Å²) >= 11 is 0. The molecule has 1 saturated carbocycles. The first kappa shape index (κ1) is 15.8. The van der Waals surface area contributed by atoms with E-state index >= 15 is 0 Å². The van der Waals surface area contributed by atoms with Crippen LogP contribution in [0.15, 0.2) is 42.5 Å². The fourth-order valence-electron chi connectivity index (χ4n) is 4.27. The number of benzene rings is 1. The largest absolute Gasteiger partial charge is 0.338 e. The first-order valence-electron chi connectivity index (χ1n) is 8.96. The van der Waals surface area contributed by atoms with Gasteiger partial charge in [0.1, 0.15) is 11.8 Å². The topological polar surface area (TPSA) is 57.0 Å². The number of pyridine rings is 1. The van der Waals surface area contributed by atoms with Crippen LogP contribution in [0.3, 0.4) is 0 Å². The molecule has 2 fully saturated rings. The smallest absolute Gasteiger partial charge is 0.253 e. The van der Waals surface area contributed by atoms with Crippen LogP contribution in [0, 0.1) is 16.7 Å². The lowest BCUT2D eigenvalue weighted by Crippen LogP contribution is -2.31. The summed E-state index contributed by atoms with van der Waals surface area (Å²) < 4.78 is 0. The van der Waals surface area contributed by atoms with Gasteiger partial charge in [-0.1, -0.05) is 31.0 Å². The Bertz CT molecular complexity index is 829. The number of likely N-dealkylation sites (tertiary alicyclic amines) is 1. The Morgan fingerprint density at radius 2 is 1.84 bits per heavy atom. The minimum Gasteiger partial charge on any atom is -0.338 e. The van der Waals surface area contributed by atoms with Crippen LogP contribution in [0.1, 0.15) is 48.2 Å². The number of nitriles is 1. The van der Waals surface area contributed by atoms with Gasteiger partial charge in [-0.3, -0.25) is 4.79 Å². The van der Waals surface area contributed by atoms with Gasteiger partial charge in [0.25, 0.3) is 5.91 Å². The Labute approximate surface area is 148 Å². The van der Waals surface area contributed by atoms with Crippen LogP contribution < -0.4 is 0 Å². The van der Waals surface area contributed by atoms with Crippen molar-refractivity contribution in [1.82, 2.24) is 9.88 Å². The van der Waals surface area contributed by atoms with Crippen molar-refractivity contribution in [3.05, 3.63) is 53.7 Å². The maximum absolute atomic E-state index is 12.8. The Balaban J connectivity index is 1.50. The number of amides is 1. The summed E-state index contributed by atoms with van der Waals surface area (Å²) in [6, 6.07) is 15.0. The molecule has 4 heteroatoms. The minimum absolute atomic E-state index is 0.133. The average molecular weight is 331 g/mol. The van der Waals surface area contributed by atoms with Crippen molar-refractivity contribution in [2.24, 2.45) is 5.41 Å². The van der Waals surface area contributed by atoms with Crippen molar-refractivity contribution in [3.8, 4) is 17.3 Å². The Hall–Kier alpha value is -2.67. The van der Waals surface area contributed by atoms with Gasteiger partial charge < -0.3 is 4.90 Å². The molecule has 1 amide bonds. The quantitative estimate of drug-likeness (QED) is 0.835. The van der Waals surface area contributed by atoms with Gasteiger partial charge in [-0.25, -0.2) is 4.98 Å². The second-order valence-corrected chi connectivity index (χ2v) is 7.28. The van der Waals surface area contributed by atoms with Gasteiger partial charge in [-0.15, -0.1) is 0 Å². The molecule has 126 valence electrons. The van der Waals surface area contributed by atoms with Crippen molar-refractivity contribution in [3.63, 3.8) is 0 Å². The van der Waals surface area contributed by atoms with E-state index < -0.39 is 0 Å². The van der Waals surface area contributed by atoms with E-state index in [2.05, 4.69) is 11.1 Å². The van der Waals surface area contributed by atoms with Crippen molar-refractivity contribution < 1.29 is 4.79 Å². The maximum atomic E-state index is 12.8. The summed E-state index contributed by atoms with van der Waals surface area (Å²) in [5.74, 6) is 0.133. The molecule has 1 aliphatic heterocycles. The molecule has 4 rings (SSSR count). The molecule has 0 radical (unpaired) electrons. The van der Waals surface area contributed by atoms with Crippen LogP contribution in [0.5, 0.6) is 0 Å². The second kappa shape index (κ2) is 6.33. The normalized spacial score (nSPS) is 18.4. The van der Waals surface area contributed by atoms with E-state index in [0.717, 1.165) is 36.3 Å². The zero-order valence-electron chi connectivity index (χ0n) is 14.2. The number of nitrogens with zero attached hydrogens (tertiary/aromatic N) is 3. The van der Waals surface area contributed by atoms with Crippen LogP contribution in [0.4, 0.5) is 0 Å². The van der Waals surface area contributed by atoms with Gasteiger partial charge >= 0.3 is 0 Å². The summed E-state index contributed by atoms with van der Waals surface area (Å²) in [6.07, 6.45) is 6.33. The molecule has 2 heterocycles. The molecule has 2 aliphatic rings. The van der Waals surface area contributed by atoms with Crippen molar-refractivity contribution in [2.75, 3.05) is 13.1 Å². The molecule has 1 spiro atoms. The summed E-state index contributed by atoms with van der Waals surface area (Å²) in [5, 5.41) is 8.97. The Kier molecular flexibility index (Phi) is 4.01. The van der Waals surface area contributed by atoms with E-state index in [1.54, 1.807) is 6.07 Å².